The van der Waals surface area contributed by atoms with Crippen molar-refractivity contribution >= 4 is 16.9 Å². The van der Waals surface area contributed by atoms with Crippen LogP contribution in [0.15, 0.2) is 29.3 Å². The van der Waals surface area contributed by atoms with Crippen molar-refractivity contribution in [2.45, 2.75) is 45.2 Å². The van der Waals surface area contributed by atoms with Gasteiger partial charge in [0.15, 0.2) is 0 Å². The van der Waals surface area contributed by atoms with Crippen LogP contribution in [-0.4, -0.2) is 38.1 Å². The SMILES string of the molecule is Cc1ccc2[nH]c3c(c2c1)CC(NC(=O)N1CCc2c(ncn(C)c2=O)C1)CC3. The van der Waals surface area contributed by atoms with Gasteiger partial charge in [-0.05, 0) is 50.3 Å². The van der Waals surface area contributed by atoms with Crippen LogP contribution in [0.3, 0.4) is 0 Å². The maximum atomic E-state index is 12.9. The fourth-order valence-electron chi connectivity index (χ4n) is 4.61. The summed E-state index contributed by atoms with van der Waals surface area (Å²) in [6.07, 6.45) is 4.79. The summed E-state index contributed by atoms with van der Waals surface area (Å²) in [6, 6.07) is 6.54. The first-order valence-electron chi connectivity index (χ1n) is 10.2. The number of nitrogens with zero attached hydrogens (tertiary/aromatic N) is 3. The van der Waals surface area contributed by atoms with Gasteiger partial charge in [-0.1, -0.05) is 11.6 Å². The van der Waals surface area contributed by atoms with Crippen molar-refractivity contribution in [2.75, 3.05) is 6.54 Å². The molecule has 1 aliphatic heterocycles. The van der Waals surface area contributed by atoms with Crippen molar-refractivity contribution in [2.24, 2.45) is 7.05 Å². The van der Waals surface area contributed by atoms with Gasteiger partial charge in [0.1, 0.15) is 0 Å². The molecule has 0 spiro atoms. The van der Waals surface area contributed by atoms with E-state index in [1.807, 2.05) is 0 Å². The van der Waals surface area contributed by atoms with Gasteiger partial charge in [-0.25, -0.2) is 9.78 Å². The Hall–Kier alpha value is -3.09. The van der Waals surface area contributed by atoms with Gasteiger partial charge in [0, 0.05) is 41.8 Å². The standard InChI is InChI=1S/C22H25N5O2/c1-13-3-5-18-16(9-13)17-10-14(4-6-19(17)25-18)24-22(29)27-8-7-15-20(11-27)23-12-26(2)21(15)28/h3,5,9,12,14,25H,4,6-8,10-11H2,1-2H3,(H,24,29). The van der Waals surface area contributed by atoms with E-state index in [1.165, 1.54) is 38.6 Å². The summed E-state index contributed by atoms with van der Waals surface area (Å²) in [5.74, 6) is 0. The van der Waals surface area contributed by atoms with E-state index in [2.05, 4.69) is 40.4 Å². The summed E-state index contributed by atoms with van der Waals surface area (Å²) in [7, 11) is 1.71. The van der Waals surface area contributed by atoms with Crippen molar-refractivity contribution in [1.82, 2.24) is 24.8 Å². The summed E-state index contributed by atoms with van der Waals surface area (Å²) in [5.41, 5.74) is 6.48. The second-order valence-electron chi connectivity index (χ2n) is 8.28. The molecule has 1 unspecified atom stereocenters. The Bertz CT molecular complexity index is 1180. The average Bonchev–Trinajstić information content (AvgIpc) is 3.08. The third-order valence-electron chi connectivity index (χ3n) is 6.24. The zero-order chi connectivity index (χ0) is 20.1. The number of aromatic amines is 1. The van der Waals surface area contributed by atoms with Gasteiger partial charge in [0.2, 0.25) is 0 Å². The topological polar surface area (TPSA) is 83.0 Å². The molecule has 3 aromatic rings. The molecule has 29 heavy (non-hydrogen) atoms. The number of benzene rings is 1. The fourth-order valence-corrected chi connectivity index (χ4v) is 4.61. The van der Waals surface area contributed by atoms with Gasteiger partial charge >= 0.3 is 6.03 Å². The minimum atomic E-state index is -0.0670. The molecular formula is C22H25N5O2. The first-order chi connectivity index (χ1) is 14.0. The van der Waals surface area contributed by atoms with Crippen molar-refractivity contribution in [3.8, 4) is 0 Å². The molecule has 0 fully saturated rings. The number of rotatable bonds is 1. The molecule has 0 radical (unpaired) electrons. The lowest BCUT2D eigenvalue weighted by Gasteiger charge is -2.31. The summed E-state index contributed by atoms with van der Waals surface area (Å²) in [5, 5.41) is 4.49. The van der Waals surface area contributed by atoms with Gasteiger partial charge in [0.05, 0.1) is 18.6 Å². The number of aryl methyl sites for hydroxylation is 3. The van der Waals surface area contributed by atoms with Crippen LogP contribution in [0.4, 0.5) is 4.79 Å². The first-order valence-corrected chi connectivity index (χ1v) is 10.2. The Kier molecular flexibility index (Phi) is 4.19. The summed E-state index contributed by atoms with van der Waals surface area (Å²) in [6.45, 7) is 3.04. The predicted molar refractivity (Wildman–Crippen MR) is 111 cm³/mol. The van der Waals surface area contributed by atoms with E-state index in [1.54, 1.807) is 11.9 Å². The number of urea groups is 1. The number of hydrogen-bond donors (Lipinski definition) is 2. The van der Waals surface area contributed by atoms with Crippen LogP contribution >= 0.6 is 0 Å². The van der Waals surface area contributed by atoms with Crippen molar-refractivity contribution in [3.05, 3.63) is 63.0 Å². The van der Waals surface area contributed by atoms with E-state index < -0.39 is 0 Å². The van der Waals surface area contributed by atoms with Crippen LogP contribution in [0.5, 0.6) is 0 Å². The summed E-state index contributed by atoms with van der Waals surface area (Å²) in [4.78, 5) is 34.8. The van der Waals surface area contributed by atoms with Crippen LogP contribution in [0, 0.1) is 6.92 Å². The summed E-state index contributed by atoms with van der Waals surface area (Å²) < 4.78 is 1.50. The highest BCUT2D eigenvalue weighted by molar-refractivity contribution is 5.86. The number of aromatic nitrogens is 3. The highest BCUT2D eigenvalue weighted by atomic mass is 16.2. The average molecular weight is 391 g/mol. The zero-order valence-electron chi connectivity index (χ0n) is 16.8. The van der Waals surface area contributed by atoms with Crippen LogP contribution in [0.25, 0.3) is 10.9 Å². The second-order valence-corrected chi connectivity index (χ2v) is 8.28. The molecule has 7 heteroatoms. The van der Waals surface area contributed by atoms with Crippen molar-refractivity contribution in [1.29, 1.82) is 0 Å². The normalized spacial score (nSPS) is 18.4. The lowest BCUT2D eigenvalue weighted by atomic mass is 9.91. The van der Waals surface area contributed by atoms with E-state index in [4.69, 9.17) is 0 Å². The second kappa shape index (κ2) is 6.76. The monoisotopic (exact) mass is 391 g/mol. The number of fused-ring (bicyclic) bond motifs is 4. The minimum absolute atomic E-state index is 0.00972. The summed E-state index contributed by atoms with van der Waals surface area (Å²) >= 11 is 0. The Morgan fingerprint density at radius 2 is 2.14 bits per heavy atom. The first kappa shape index (κ1) is 18.0. The Morgan fingerprint density at radius 3 is 3.00 bits per heavy atom. The molecule has 1 aliphatic carbocycles. The molecule has 2 amide bonds. The predicted octanol–water partition coefficient (Wildman–Crippen LogP) is 2.20. The molecule has 7 nitrogen and oxygen atoms in total. The van der Waals surface area contributed by atoms with Crippen LogP contribution < -0.4 is 10.9 Å². The molecule has 0 saturated heterocycles. The number of hydrogen-bond acceptors (Lipinski definition) is 3. The van der Waals surface area contributed by atoms with E-state index >= 15 is 0 Å². The third kappa shape index (κ3) is 3.10. The number of carbonyl (C=O) groups is 1. The maximum Gasteiger partial charge on any atom is 0.317 e. The van der Waals surface area contributed by atoms with Crippen LogP contribution in [-0.2, 0) is 32.9 Å². The molecule has 5 rings (SSSR count). The molecule has 2 aliphatic rings. The van der Waals surface area contributed by atoms with E-state index in [0.29, 0.717) is 25.2 Å². The molecule has 2 aromatic heterocycles. The van der Waals surface area contributed by atoms with Crippen molar-refractivity contribution in [3.63, 3.8) is 0 Å². The smallest absolute Gasteiger partial charge is 0.317 e. The third-order valence-corrected chi connectivity index (χ3v) is 6.24. The Balaban J connectivity index is 1.31. The highest BCUT2D eigenvalue weighted by Crippen LogP contribution is 2.30. The van der Waals surface area contributed by atoms with Gasteiger partial charge in [-0.2, -0.15) is 0 Å². The van der Waals surface area contributed by atoms with Crippen LogP contribution in [0.2, 0.25) is 0 Å². The quantitative estimate of drug-likeness (QED) is 0.667. The lowest BCUT2D eigenvalue weighted by Crippen LogP contribution is -2.49. The van der Waals surface area contributed by atoms with Gasteiger partial charge < -0.3 is 19.8 Å². The number of carbonyl (C=O) groups excluding carboxylic acids is 1. The minimum Gasteiger partial charge on any atom is -0.358 e. The maximum absolute atomic E-state index is 12.9. The molecule has 2 N–H and O–H groups in total. The molecule has 0 bridgehead atoms. The largest absolute Gasteiger partial charge is 0.358 e. The van der Waals surface area contributed by atoms with Crippen LogP contribution in [0.1, 0.15) is 34.5 Å². The Labute approximate surface area is 168 Å². The number of nitrogens with one attached hydrogen (secondary N) is 2. The molecule has 3 heterocycles. The molecule has 1 aromatic carbocycles. The molecule has 150 valence electrons. The Morgan fingerprint density at radius 1 is 1.28 bits per heavy atom. The van der Waals surface area contributed by atoms with Crippen molar-refractivity contribution < 1.29 is 4.79 Å². The molecular weight excluding hydrogens is 366 g/mol. The fraction of sp³-hybridized carbons (Fsp3) is 0.409. The number of amides is 2. The lowest BCUT2D eigenvalue weighted by molar-refractivity contribution is 0.185. The van der Waals surface area contributed by atoms with E-state index in [0.717, 1.165) is 24.8 Å². The number of H-pyrrole nitrogens is 1. The molecule has 0 saturated carbocycles. The van der Waals surface area contributed by atoms with Gasteiger partial charge in [-0.3, -0.25) is 4.79 Å². The zero-order valence-corrected chi connectivity index (χ0v) is 16.8. The van der Waals surface area contributed by atoms with Gasteiger partial charge in [-0.15, -0.1) is 0 Å². The van der Waals surface area contributed by atoms with Gasteiger partial charge in [0.25, 0.3) is 5.56 Å². The van der Waals surface area contributed by atoms with E-state index in [9.17, 15) is 9.59 Å². The highest BCUT2D eigenvalue weighted by Gasteiger charge is 2.28. The van der Waals surface area contributed by atoms with E-state index in [-0.39, 0.29) is 17.6 Å². The molecule has 1 atom stereocenters.